The third kappa shape index (κ3) is 5.33. The number of amides is 4. The van der Waals surface area contributed by atoms with Crippen LogP contribution in [0.4, 0.5) is 16.2 Å². The Bertz CT molecular complexity index is 1380. The molecule has 0 saturated carbocycles. The van der Waals surface area contributed by atoms with Crippen molar-refractivity contribution in [3.05, 3.63) is 104 Å². The van der Waals surface area contributed by atoms with Gasteiger partial charge in [0.1, 0.15) is 17.9 Å². The first-order valence-corrected chi connectivity index (χ1v) is 11.7. The number of rotatable bonds is 7. The van der Waals surface area contributed by atoms with Crippen LogP contribution in [0.1, 0.15) is 23.6 Å². The van der Waals surface area contributed by atoms with Gasteiger partial charge in [0.2, 0.25) is 0 Å². The van der Waals surface area contributed by atoms with Gasteiger partial charge in [-0.25, -0.2) is 9.69 Å². The molecule has 36 heavy (non-hydrogen) atoms. The highest BCUT2D eigenvalue weighted by atomic mass is 79.9. The molecule has 1 saturated heterocycles. The summed E-state index contributed by atoms with van der Waals surface area (Å²) in [5.41, 5.74) is 2.52. The molecule has 1 fully saturated rings. The molecule has 3 aromatic rings. The molecular weight excluding hydrogens is 530 g/mol. The van der Waals surface area contributed by atoms with Crippen molar-refractivity contribution >= 4 is 51.2 Å². The van der Waals surface area contributed by atoms with Crippen molar-refractivity contribution in [3.8, 4) is 5.75 Å². The van der Waals surface area contributed by atoms with Crippen molar-refractivity contribution in [3.63, 3.8) is 0 Å². The molecule has 9 nitrogen and oxygen atoms in total. The van der Waals surface area contributed by atoms with Crippen LogP contribution in [0.5, 0.6) is 5.75 Å². The molecule has 1 heterocycles. The number of aryl methyl sites for hydroxylation is 1. The highest BCUT2D eigenvalue weighted by Crippen LogP contribution is 2.29. The largest absolute Gasteiger partial charge is 0.488 e. The molecule has 1 aliphatic heterocycles. The van der Waals surface area contributed by atoms with Crippen LogP contribution in [0.25, 0.3) is 6.08 Å². The lowest BCUT2D eigenvalue weighted by Crippen LogP contribution is -2.54. The van der Waals surface area contributed by atoms with Gasteiger partial charge >= 0.3 is 6.03 Å². The van der Waals surface area contributed by atoms with Crippen molar-refractivity contribution in [2.24, 2.45) is 0 Å². The van der Waals surface area contributed by atoms with Crippen LogP contribution in [-0.4, -0.2) is 22.8 Å². The topological polar surface area (TPSA) is 119 Å². The number of urea groups is 1. The number of halogens is 1. The van der Waals surface area contributed by atoms with Gasteiger partial charge in [-0.2, -0.15) is 0 Å². The number of non-ortho nitro benzene ring substituents is 1. The molecule has 0 aromatic heterocycles. The van der Waals surface area contributed by atoms with E-state index < -0.39 is 22.8 Å². The summed E-state index contributed by atoms with van der Waals surface area (Å²) in [6, 6.07) is 17.2. The average Bonchev–Trinajstić information content (AvgIpc) is 2.86. The van der Waals surface area contributed by atoms with Crippen molar-refractivity contribution in [1.29, 1.82) is 0 Å². The summed E-state index contributed by atoms with van der Waals surface area (Å²) in [4.78, 5) is 49.2. The average molecular weight is 550 g/mol. The monoisotopic (exact) mass is 549 g/mol. The number of hydrogen-bond donors (Lipinski definition) is 1. The maximum Gasteiger partial charge on any atom is 0.335 e. The molecule has 0 bridgehead atoms. The minimum Gasteiger partial charge on any atom is -0.488 e. The van der Waals surface area contributed by atoms with E-state index in [0.717, 1.165) is 22.4 Å². The van der Waals surface area contributed by atoms with E-state index >= 15 is 0 Å². The Hall–Kier alpha value is -4.31. The Kier molecular flexibility index (Phi) is 7.25. The fraction of sp³-hybridized carbons (Fsp3) is 0.115. The Balaban J connectivity index is 1.52. The molecule has 1 aliphatic rings. The molecule has 4 rings (SSSR count). The van der Waals surface area contributed by atoms with Crippen LogP contribution in [0.3, 0.4) is 0 Å². The number of barbiturate groups is 1. The maximum absolute atomic E-state index is 13.1. The second kappa shape index (κ2) is 10.5. The van der Waals surface area contributed by atoms with Gasteiger partial charge in [-0.15, -0.1) is 0 Å². The van der Waals surface area contributed by atoms with Gasteiger partial charge in [-0.1, -0.05) is 25.1 Å². The number of carbonyl (C=O) groups excluding carboxylic acids is 3. The number of nitrogens with zero attached hydrogens (tertiary/aromatic N) is 2. The molecule has 10 heteroatoms. The van der Waals surface area contributed by atoms with Gasteiger partial charge in [0, 0.05) is 12.1 Å². The molecule has 0 spiro atoms. The first kappa shape index (κ1) is 24.8. The van der Waals surface area contributed by atoms with Gasteiger partial charge in [0.25, 0.3) is 17.5 Å². The molecule has 1 N–H and O–H groups in total. The van der Waals surface area contributed by atoms with E-state index in [0.29, 0.717) is 21.5 Å². The van der Waals surface area contributed by atoms with E-state index in [4.69, 9.17) is 4.74 Å². The van der Waals surface area contributed by atoms with Gasteiger partial charge in [-0.3, -0.25) is 25.0 Å². The molecule has 182 valence electrons. The molecule has 0 unspecified atom stereocenters. The molecule has 0 atom stereocenters. The SMILES string of the molecule is CCc1ccc(N2C(=O)NC(=O)/C(=C/c3ccc(OCc4ccc([N+](=O)[O-])cc4)c(Br)c3)C2=O)cc1. The minimum atomic E-state index is -0.803. The predicted molar refractivity (Wildman–Crippen MR) is 136 cm³/mol. The second-order valence-corrected chi connectivity index (χ2v) is 8.73. The zero-order chi connectivity index (χ0) is 25.8. The summed E-state index contributed by atoms with van der Waals surface area (Å²) in [5.74, 6) is -0.994. The van der Waals surface area contributed by atoms with E-state index in [9.17, 15) is 24.5 Å². The van der Waals surface area contributed by atoms with Crippen LogP contribution in [0.15, 0.2) is 76.8 Å². The molecule has 3 aromatic carbocycles. The summed E-state index contributed by atoms with van der Waals surface area (Å²) in [7, 11) is 0. The van der Waals surface area contributed by atoms with Crippen LogP contribution >= 0.6 is 15.9 Å². The lowest BCUT2D eigenvalue weighted by molar-refractivity contribution is -0.384. The number of imide groups is 2. The number of anilines is 1. The lowest BCUT2D eigenvalue weighted by Gasteiger charge is -2.26. The Morgan fingerprint density at radius 1 is 1.00 bits per heavy atom. The first-order chi connectivity index (χ1) is 17.3. The first-order valence-electron chi connectivity index (χ1n) is 10.9. The standard InChI is InChI=1S/C26H20BrN3O6/c1-2-16-3-8-19(9-4-16)29-25(32)21(24(31)28-26(29)33)13-18-7-12-23(22(27)14-18)36-15-17-5-10-20(11-6-17)30(34)35/h3-14H,2,15H2,1H3,(H,28,31,33)/b21-13-. The van der Waals surface area contributed by atoms with E-state index in [1.165, 1.54) is 18.2 Å². The summed E-state index contributed by atoms with van der Waals surface area (Å²) >= 11 is 3.42. The van der Waals surface area contributed by atoms with Crippen LogP contribution < -0.4 is 15.0 Å². The molecule has 0 aliphatic carbocycles. The number of carbonyl (C=O) groups is 3. The molecular formula is C26H20BrN3O6. The Morgan fingerprint density at radius 2 is 1.67 bits per heavy atom. The van der Waals surface area contributed by atoms with Crippen molar-refractivity contribution < 1.29 is 24.0 Å². The normalized spacial score (nSPS) is 14.7. The van der Waals surface area contributed by atoms with Crippen LogP contribution in [0, 0.1) is 10.1 Å². The van der Waals surface area contributed by atoms with Crippen LogP contribution in [-0.2, 0) is 22.6 Å². The quantitative estimate of drug-likeness (QED) is 0.188. The third-order valence-corrected chi connectivity index (χ3v) is 6.13. The van der Waals surface area contributed by atoms with Gasteiger partial charge < -0.3 is 4.74 Å². The van der Waals surface area contributed by atoms with E-state index in [1.807, 2.05) is 19.1 Å². The lowest BCUT2D eigenvalue weighted by atomic mass is 10.1. The summed E-state index contributed by atoms with van der Waals surface area (Å²) in [6.07, 6.45) is 2.22. The Morgan fingerprint density at radius 3 is 2.28 bits per heavy atom. The summed E-state index contributed by atoms with van der Waals surface area (Å²) in [6.45, 7) is 2.18. The zero-order valence-corrected chi connectivity index (χ0v) is 20.7. The highest BCUT2D eigenvalue weighted by Gasteiger charge is 2.36. The van der Waals surface area contributed by atoms with Gasteiger partial charge in [0.15, 0.2) is 0 Å². The van der Waals surface area contributed by atoms with Crippen molar-refractivity contribution in [1.82, 2.24) is 5.32 Å². The number of hydrogen-bond acceptors (Lipinski definition) is 6. The predicted octanol–water partition coefficient (Wildman–Crippen LogP) is 5.17. The van der Waals surface area contributed by atoms with E-state index in [2.05, 4.69) is 21.2 Å². The second-order valence-electron chi connectivity index (χ2n) is 7.88. The summed E-state index contributed by atoms with van der Waals surface area (Å²) < 4.78 is 6.36. The van der Waals surface area contributed by atoms with E-state index in [1.54, 1.807) is 42.5 Å². The molecule has 4 amide bonds. The summed E-state index contributed by atoms with van der Waals surface area (Å²) in [5, 5.41) is 13.0. The number of ether oxygens (including phenoxy) is 1. The number of benzene rings is 3. The highest BCUT2D eigenvalue weighted by molar-refractivity contribution is 9.10. The van der Waals surface area contributed by atoms with Gasteiger partial charge in [0.05, 0.1) is 15.1 Å². The number of nitrogens with one attached hydrogen (secondary N) is 1. The molecule has 0 radical (unpaired) electrons. The van der Waals surface area contributed by atoms with Crippen LogP contribution in [0.2, 0.25) is 0 Å². The van der Waals surface area contributed by atoms with E-state index in [-0.39, 0.29) is 17.9 Å². The maximum atomic E-state index is 13.1. The number of nitro groups is 1. The van der Waals surface area contributed by atoms with Crippen molar-refractivity contribution in [2.45, 2.75) is 20.0 Å². The van der Waals surface area contributed by atoms with Gasteiger partial charge in [-0.05, 0) is 81.5 Å². The smallest absolute Gasteiger partial charge is 0.335 e. The fourth-order valence-electron chi connectivity index (χ4n) is 3.54. The third-order valence-electron chi connectivity index (χ3n) is 5.51. The Labute approximate surface area is 214 Å². The minimum absolute atomic E-state index is 0.00291. The zero-order valence-electron chi connectivity index (χ0n) is 19.1. The van der Waals surface area contributed by atoms with Crippen molar-refractivity contribution in [2.75, 3.05) is 4.90 Å². The fourth-order valence-corrected chi connectivity index (χ4v) is 4.05. The number of nitro benzene ring substituents is 1.